The summed E-state index contributed by atoms with van der Waals surface area (Å²) in [5.41, 5.74) is 1.79. The highest BCUT2D eigenvalue weighted by Crippen LogP contribution is 2.36. The van der Waals surface area contributed by atoms with Crippen LogP contribution in [0.1, 0.15) is 49.4 Å². The van der Waals surface area contributed by atoms with E-state index in [0.29, 0.717) is 5.91 Å². The van der Waals surface area contributed by atoms with E-state index in [1.807, 2.05) is 17.9 Å². The summed E-state index contributed by atoms with van der Waals surface area (Å²) in [6, 6.07) is 1.92. The molecular weight excluding hydrogens is 336 g/mol. The first kappa shape index (κ1) is 16.4. The van der Waals surface area contributed by atoms with Gasteiger partial charge >= 0.3 is 0 Å². The molecule has 2 atom stereocenters. The van der Waals surface area contributed by atoms with Crippen molar-refractivity contribution < 1.29 is 9.32 Å². The SMILES string of the molecule is Cc1cc(-c2snnc2C2CCCN(C(=O)C3CC=CCC3)C2)on1. The molecule has 1 aliphatic heterocycles. The standard InChI is InChI=1S/C18H22N4O2S/c1-12-10-15(24-20-12)17-16(19-21-25-17)14-8-5-9-22(11-14)18(23)13-6-3-2-4-7-13/h2-3,10,13-14H,4-9,11H2,1H3. The van der Waals surface area contributed by atoms with Crippen molar-refractivity contribution in [3.8, 4) is 10.6 Å². The molecule has 7 heteroatoms. The Balaban J connectivity index is 1.51. The lowest BCUT2D eigenvalue weighted by Crippen LogP contribution is -2.42. The first-order chi connectivity index (χ1) is 12.2. The zero-order chi connectivity index (χ0) is 17.2. The molecule has 0 saturated carbocycles. The summed E-state index contributed by atoms with van der Waals surface area (Å²) >= 11 is 1.34. The molecule has 2 aromatic rings. The van der Waals surface area contributed by atoms with Crippen LogP contribution in [0.5, 0.6) is 0 Å². The fourth-order valence-electron chi connectivity index (χ4n) is 3.78. The van der Waals surface area contributed by atoms with Crippen molar-refractivity contribution in [3.05, 3.63) is 29.6 Å². The molecule has 25 heavy (non-hydrogen) atoms. The van der Waals surface area contributed by atoms with E-state index in [-0.39, 0.29) is 11.8 Å². The van der Waals surface area contributed by atoms with Crippen LogP contribution in [-0.4, -0.2) is 38.6 Å². The molecule has 4 rings (SSSR count). The van der Waals surface area contributed by atoms with Gasteiger partial charge in [0, 0.05) is 31.0 Å². The van der Waals surface area contributed by atoms with E-state index in [1.54, 1.807) is 0 Å². The van der Waals surface area contributed by atoms with Crippen molar-refractivity contribution in [2.24, 2.45) is 5.92 Å². The minimum Gasteiger partial charge on any atom is -0.355 e. The summed E-state index contributed by atoms with van der Waals surface area (Å²) < 4.78 is 9.54. The molecule has 0 radical (unpaired) electrons. The Hall–Kier alpha value is -2.02. The van der Waals surface area contributed by atoms with Gasteiger partial charge in [0.1, 0.15) is 4.88 Å². The molecule has 1 fully saturated rings. The third kappa shape index (κ3) is 3.38. The summed E-state index contributed by atoms with van der Waals surface area (Å²) in [6.07, 6.45) is 9.21. The van der Waals surface area contributed by atoms with E-state index in [2.05, 4.69) is 26.9 Å². The lowest BCUT2D eigenvalue weighted by atomic mass is 9.89. The number of aryl methyl sites for hydroxylation is 1. The second-order valence-electron chi connectivity index (χ2n) is 6.92. The fourth-order valence-corrected chi connectivity index (χ4v) is 4.48. The maximum Gasteiger partial charge on any atom is 0.226 e. The van der Waals surface area contributed by atoms with Gasteiger partial charge in [-0.15, -0.1) is 5.10 Å². The summed E-state index contributed by atoms with van der Waals surface area (Å²) in [7, 11) is 0. The maximum atomic E-state index is 12.9. The predicted octanol–water partition coefficient (Wildman–Crippen LogP) is 3.56. The normalized spacial score (nSPS) is 23.8. The van der Waals surface area contributed by atoms with E-state index in [4.69, 9.17) is 4.52 Å². The van der Waals surface area contributed by atoms with Crippen molar-refractivity contribution in [3.63, 3.8) is 0 Å². The van der Waals surface area contributed by atoms with E-state index in [0.717, 1.165) is 67.2 Å². The van der Waals surface area contributed by atoms with E-state index in [9.17, 15) is 4.79 Å². The quantitative estimate of drug-likeness (QED) is 0.785. The number of hydrogen-bond acceptors (Lipinski definition) is 6. The van der Waals surface area contributed by atoms with Crippen LogP contribution < -0.4 is 0 Å². The average Bonchev–Trinajstić information content (AvgIpc) is 3.30. The number of amides is 1. The average molecular weight is 358 g/mol. The highest BCUT2D eigenvalue weighted by atomic mass is 32.1. The van der Waals surface area contributed by atoms with Crippen molar-refractivity contribution in [2.45, 2.75) is 44.9 Å². The van der Waals surface area contributed by atoms with Gasteiger partial charge in [-0.2, -0.15) is 0 Å². The molecule has 6 nitrogen and oxygen atoms in total. The van der Waals surface area contributed by atoms with Gasteiger partial charge in [-0.05, 0) is 50.6 Å². The van der Waals surface area contributed by atoms with Gasteiger partial charge in [0.2, 0.25) is 5.91 Å². The molecular formula is C18H22N4O2S. The predicted molar refractivity (Wildman–Crippen MR) is 95.2 cm³/mol. The summed E-state index contributed by atoms with van der Waals surface area (Å²) in [6.45, 7) is 3.48. The van der Waals surface area contributed by atoms with E-state index < -0.39 is 0 Å². The Morgan fingerprint density at radius 2 is 2.28 bits per heavy atom. The Bertz CT molecular complexity index is 782. The van der Waals surface area contributed by atoms with Gasteiger partial charge in [0.15, 0.2) is 5.76 Å². The summed E-state index contributed by atoms with van der Waals surface area (Å²) in [4.78, 5) is 15.8. The molecule has 132 valence electrons. The van der Waals surface area contributed by atoms with Crippen LogP contribution in [0.25, 0.3) is 10.6 Å². The van der Waals surface area contributed by atoms with Gasteiger partial charge in [-0.3, -0.25) is 4.79 Å². The van der Waals surface area contributed by atoms with Crippen LogP contribution in [-0.2, 0) is 4.79 Å². The highest BCUT2D eigenvalue weighted by molar-refractivity contribution is 7.09. The third-order valence-electron chi connectivity index (χ3n) is 5.10. The van der Waals surface area contributed by atoms with Crippen LogP contribution in [0.15, 0.2) is 22.7 Å². The van der Waals surface area contributed by atoms with Crippen molar-refractivity contribution in [2.75, 3.05) is 13.1 Å². The van der Waals surface area contributed by atoms with Crippen LogP contribution in [0.4, 0.5) is 0 Å². The lowest BCUT2D eigenvalue weighted by molar-refractivity contribution is -0.137. The fraction of sp³-hybridized carbons (Fsp3) is 0.556. The minimum absolute atomic E-state index is 0.147. The third-order valence-corrected chi connectivity index (χ3v) is 5.86. The smallest absolute Gasteiger partial charge is 0.226 e. The second-order valence-corrected chi connectivity index (χ2v) is 7.68. The number of carbonyl (C=O) groups is 1. The Morgan fingerprint density at radius 1 is 1.36 bits per heavy atom. The summed E-state index contributed by atoms with van der Waals surface area (Å²) in [5.74, 6) is 1.39. The first-order valence-electron chi connectivity index (χ1n) is 8.92. The van der Waals surface area contributed by atoms with Gasteiger partial charge in [-0.1, -0.05) is 21.8 Å². The maximum absolute atomic E-state index is 12.9. The largest absolute Gasteiger partial charge is 0.355 e. The Morgan fingerprint density at radius 3 is 3.04 bits per heavy atom. The van der Waals surface area contributed by atoms with Gasteiger partial charge < -0.3 is 9.42 Å². The second kappa shape index (κ2) is 7.07. The van der Waals surface area contributed by atoms with Gasteiger partial charge in [0.25, 0.3) is 0 Å². The number of likely N-dealkylation sites (tertiary alicyclic amines) is 1. The molecule has 1 aliphatic carbocycles. The molecule has 1 saturated heterocycles. The molecule has 0 aromatic carbocycles. The number of piperidine rings is 1. The Kier molecular flexibility index (Phi) is 4.65. The number of allylic oxidation sites excluding steroid dienone is 2. The van der Waals surface area contributed by atoms with E-state index in [1.165, 1.54) is 11.5 Å². The van der Waals surface area contributed by atoms with Crippen LogP contribution in [0.3, 0.4) is 0 Å². The topological polar surface area (TPSA) is 72.1 Å². The lowest BCUT2D eigenvalue weighted by Gasteiger charge is -2.34. The number of aromatic nitrogens is 3. The van der Waals surface area contributed by atoms with Gasteiger partial charge in [-0.25, -0.2) is 0 Å². The van der Waals surface area contributed by atoms with Crippen molar-refractivity contribution in [1.29, 1.82) is 0 Å². The monoisotopic (exact) mass is 358 g/mol. The number of hydrogen-bond donors (Lipinski definition) is 0. The molecule has 2 aromatic heterocycles. The number of rotatable bonds is 3. The van der Waals surface area contributed by atoms with Gasteiger partial charge in [0.05, 0.1) is 11.4 Å². The number of nitrogens with zero attached hydrogens (tertiary/aromatic N) is 4. The molecule has 3 heterocycles. The number of carbonyl (C=O) groups excluding carboxylic acids is 1. The molecule has 2 unspecified atom stereocenters. The zero-order valence-corrected chi connectivity index (χ0v) is 15.2. The van der Waals surface area contributed by atoms with Crippen molar-refractivity contribution >= 4 is 17.4 Å². The minimum atomic E-state index is 0.147. The Labute approximate surface area is 151 Å². The molecule has 2 aliphatic rings. The molecule has 1 amide bonds. The summed E-state index contributed by atoms with van der Waals surface area (Å²) in [5, 5.41) is 8.33. The molecule has 0 N–H and O–H groups in total. The zero-order valence-electron chi connectivity index (χ0n) is 14.4. The molecule has 0 bridgehead atoms. The first-order valence-corrected chi connectivity index (χ1v) is 9.69. The molecule has 0 spiro atoms. The van der Waals surface area contributed by atoms with Crippen LogP contribution in [0, 0.1) is 12.8 Å². The van der Waals surface area contributed by atoms with Crippen molar-refractivity contribution in [1.82, 2.24) is 19.6 Å². The highest BCUT2D eigenvalue weighted by Gasteiger charge is 2.32. The van der Waals surface area contributed by atoms with Crippen LogP contribution in [0.2, 0.25) is 0 Å². The van der Waals surface area contributed by atoms with Crippen LogP contribution >= 0.6 is 11.5 Å². The van der Waals surface area contributed by atoms with E-state index >= 15 is 0 Å².